The molecule has 1 amide bonds. The number of benzene rings is 2. The molecule has 2 aromatic carbocycles. The summed E-state index contributed by atoms with van der Waals surface area (Å²) in [5.41, 5.74) is 6.63. The predicted molar refractivity (Wildman–Crippen MR) is 132 cm³/mol. The van der Waals surface area contributed by atoms with Gasteiger partial charge in [-0.15, -0.1) is 0 Å². The molecule has 1 atom stereocenters. The summed E-state index contributed by atoms with van der Waals surface area (Å²) in [5.74, 6) is -1.77. The van der Waals surface area contributed by atoms with E-state index in [0.29, 0.717) is 23.7 Å². The van der Waals surface area contributed by atoms with Gasteiger partial charge in [-0.25, -0.2) is 14.1 Å². The third-order valence-corrected chi connectivity index (χ3v) is 7.38. The number of nitrogens with one attached hydrogen (secondary N) is 1. The fourth-order valence-corrected chi connectivity index (χ4v) is 5.63. The molecule has 0 radical (unpaired) electrons. The van der Waals surface area contributed by atoms with E-state index < -0.39 is 27.5 Å². The number of sulfonamides is 1. The van der Waals surface area contributed by atoms with E-state index in [9.17, 15) is 22.7 Å². The molecule has 1 aromatic heterocycles. The van der Waals surface area contributed by atoms with Crippen molar-refractivity contribution >= 4 is 27.4 Å². The van der Waals surface area contributed by atoms with Crippen molar-refractivity contribution in [2.24, 2.45) is 5.92 Å². The van der Waals surface area contributed by atoms with Crippen LogP contribution in [-0.2, 0) is 10.0 Å². The number of carbonyl (C=O) groups is 1. The second-order valence-corrected chi connectivity index (χ2v) is 11.1. The van der Waals surface area contributed by atoms with Gasteiger partial charge >= 0.3 is 0 Å². The summed E-state index contributed by atoms with van der Waals surface area (Å²) in [5, 5.41) is 9.90. The lowest BCUT2D eigenvalue weighted by atomic mass is 9.95. The van der Waals surface area contributed by atoms with E-state index in [-0.39, 0.29) is 27.5 Å². The Morgan fingerprint density at radius 1 is 1.20 bits per heavy atom. The van der Waals surface area contributed by atoms with Crippen LogP contribution < -0.4 is 15.4 Å². The van der Waals surface area contributed by atoms with Gasteiger partial charge < -0.3 is 15.7 Å². The Hall–Kier alpha value is -3.66. The van der Waals surface area contributed by atoms with Crippen LogP contribution in [0.5, 0.6) is 5.75 Å². The van der Waals surface area contributed by atoms with Crippen LogP contribution in [-0.4, -0.2) is 36.5 Å². The van der Waals surface area contributed by atoms with Crippen molar-refractivity contribution < 1.29 is 22.7 Å². The smallest absolute Gasteiger partial charge is 0.281 e. The highest BCUT2D eigenvalue weighted by atomic mass is 32.2. The average Bonchev–Trinajstić information content (AvgIpc) is 3.06. The molecule has 10 heteroatoms. The summed E-state index contributed by atoms with van der Waals surface area (Å²) in [7, 11) is -4.28. The molecule has 2 heterocycles. The monoisotopic (exact) mass is 498 g/mol. The molecular formula is C25H27FN4O4S. The minimum atomic E-state index is -4.28. The van der Waals surface area contributed by atoms with E-state index in [1.54, 1.807) is 18.2 Å². The molecule has 0 saturated carbocycles. The van der Waals surface area contributed by atoms with Crippen molar-refractivity contribution in [3.8, 4) is 16.9 Å². The molecule has 1 fully saturated rings. The Morgan fingerprint density at radius 2 is 1.91 bits per heavy atom. The largest absolute Gasteiger partial charge is 0.504 e. The van der Waals surface area contributed by atoms with Crippen LogP contribution in [0.3, 0.4) is 0 Å². The lowest BCUT2D eigenvalue weighted by Crippen LogP contribution is -2.40. The maximum Gasteiger partial charge on any atom is 0.281 e. The normalized spacial score (nSPS) is 17.4. The predicted octanol–water partition coefficient (Wildman–Crippen LogP) is 3.92. The molecule has 4 N–H and O–H groups in total. The number of nitrogens with two attached hydrogens (primary N) is 1. The van der Waals surface area contributed by atoms with Gasteiger partial charge in [-0.3, -0.25) is 4.79 Å². The van der Waals surface area contributed by atoms with Crippen molar-refractivity contribution in [3.05, 3.63) is 66.0 Å². The first kappa shape index (κ1) is 24.5. The highest BCUT2D eigenvalue weighted by Crippen LogP contribution is 2.41. The van der Waals surface area contributed by atoms with Crippen molar-refractivity contribution in [1.29, 1.82) is 0 Å². The molecule has 1 saturated heterocycles. The summed E-state index contributed by atoms with van der Waals surface area (Å²) in [4.78, 5) is 19.1. The number of nitrogens with zero attached hydrogens (tertiary/aromatic N) is 2. The van der Waals surface area contributed by atoms with Crippen molar-refractivity contribution in [2.45, 2.75) is 37.8 Å². The van der Waals surface area contributed by atoms with E-state index in [1.807, 2.05) is 18.7 Å². The van der Waals surface area contributed by atoms with Crippen LogP contribution >= 0.6 is 0 Å². The number of carbonyl (C=O) groups excluding carboxylic acids is 1. The second-order valence-electron chi connectivity index (χ2n) is 9.44. The number of aromatic nitrogens is 1. The zero-order chi connectivity index (χ0) is 25.5. The fraction of sp³-hybridized carbons (Fsp3) is 0.280. The average molecular weight is 499 g/mol. The Morgan fingerprint density at radius 3 is 2.57 bits per heavy atom. The quantitative estimate of drug-likeness (QED) is 0.487. The van der Waals surface area contributed by atoms with E-state index in [4.69, 9.17) is 5.73 Å². The van der Waals surface area contributed by atoms with E-state index >= 15 is 0 Å². The van der Waals surface area contributed by atoms with Crippen molar-refractivity contribution in [2.75, 3.05) is 17.2 Å². The number of hydrogen-bond acceptors (Lipinski definition) is 7. The van der Waals surface area contributed by atoms with Crippen LogP contribution in [0.1, 0.15) is 37.6 Å². The maximum absolute atomic E-state index is 14.0. The van der Waals surface area contributed by atoms with Crippen LogP contribution in [0.4, 0.5) is 15.9 Å². The maximum atomic E-state index is 14.0. The number of halogens is 1. The summed E-state index contributed by atoms with van der Waals surface area (Å²) in [6.45, 7) is 6.81. The van der Waals surface area contributed by atoms with Crippen LogP contribution in [0.25, 0.3) is 11.1 Å². The number of aromatic hydroxyl groups is 1. The Labute approximate surface area is 203 Å². The molecule has 8 nitrogen and oxygen atoms in total. The number of rotatable bonds is 5. The number of nitrogen functional groups attached to an aromatic ring is 1. The number of pyridine rings is 1. The third kappa shape index (κ3) is 4.79. The summed E-state index contributed by atoms with van der Waals surface area (Å²) in [6.07, 6.45) is 0.856. The van der Waals surface area contributed by atoms with Crippen LogP contribution in [0.2, 0.25) is 0 Å². The molecule has 1 aliphatic heterocycles. The molecule has 35 heavy (non-hydrogen) atoms. The zero-order valence-corrected chi connectivity index (χ0v) is 20.4. The SMILES string of the molecule is C[C@@H]1CN(c2cc(-c3cccc(F)c3O)ccc2C(=O)NS(=O)(=O)c2cccc(N)n2)C(C)(C)C1. The number of phenolic OH excluding ortho intramolecular Hbond substituents is 1. The van der Waals surface area contributed by atoms with E-state index in [1.165, 1.54) is 30.3 Å². The van der Waals surface area contributed by atoms with E-state index in [2.05, 4.69) is 16.6 Å². The van der Waals surface area contributed by atoms with Gasteiger partial charge in [0.1, 0.15) is 5.82 Å². The van der Waals surface area contributed by atoms with Crippen LogP contribution in [0, 0.1) is 11.7 Å². The Bertz CT molecular complexity index is 1410. The highest BCUT2D eigenvalue weighted by Gasteiger charge is 2.38. The number of anilines is 2. The molecule has 0 bridgehead atoms. The van der Waals surface area contributed by atoms with Gasteiger partial charge in [0, 0.05) is 17.6 Å². The fourth-order valence-electron chi connectivity index (χ4n) is 4.68. The standard InChI is InChI=1S/C25H27FN4O4S/c1-15-13-25(2,3)30(14-15)20-12-16(17-6-4-7-19(26)23(17)31)10-11-18(20)24(32)29-35(33,34)22-9-5-8-21(27)28-22/h4-12,15,31H,13-14H2,1-3H3,(H2,27,28)(H,29,32)/t15-/m0/s1. The van der Waals surface area contributed by atoms with Gasteiger partial charge in [0.05, 0.1) is 11.3 Å². The van der Waals surface area contributed by atoms with Gasteiger partial charge in [-0.05, 0) is 62.1 Å². The lowest BCUT2D eigenvalue weighted by molar-refractivity contribution is 0.0981. The Balaban J connectivity index is 1.80. The minimum absolute atomic E-state index is 0.00747. The number of phenols is 1. The van der Waals surface area contributed by atoms with Crippen molar-refractivity contribution in [3.63, 3.8) is 0 Å². The second kappa shape index (κ2) is 8.84. The van der Waals surface area contributed by atoms with E-state index in [0.717, 1.165) is 12.5 Å². The molecule has 4 rings (SSSR count). The molecule has 3 aromatic rings. The van der Waals surface area contributed by atoms with Crippen LogP contribution in [0.15, 0.2) is 59.6 Å². The summed E-state index contributed by atoms with van der Waals surface area (Å²) in [6, 6.07) is 13.0. The first-order valence-corrected chi connectivity index (χ1v) is 12.6. The minimum Gasteiger partial charge on any atom is -0.504 e. The van der Waals surface area contributed by atoms with Gasteiger partial charge in [0.25, 0.3) is 15.9 Å². The summed E-state index contributed by atoms with van der Waals surface area (Å²) >= 11 is 0. The van der Waals surface area contributed by atoms with Gasteiger partial charge in [-0.1, -0.05) is 31.2 Å². The molecular weight excluding hydrogens is 471 g/mol. The summed E-state index contributed by atoms with van der Waals surface area (Å²) < 4.78 is 41.7. The van der Waals surface area contributed by atoms with Crippen molar-refractivity contribution in [1.82, 2.24) is 9.71 Å². The molecule has 0 spiro atoms. The first-order valence-electron chi connectivity index (χ1n) is 11.1. The number of hydrogen-bond donors (Lipinski definition) is 3. The molecule has 0 aliphatic carbocycles. The first-order chi connectivity index (χ1) is 16.4. The van der Waals surface area contributed by atoms with Gasteiger partial charge in [0.15, 0.2) is 16.6 Å². The number of para-hydroxylation sites is 1. The Kier molecular flexibility index (Phi) is 6.18. The zero-order valence-electron chi connectivity index (χ0n) is 19.6. The highest BCUT2D eigenvalue weighted by molar-refractivity contribution is 7.90. The molecule has 184 valence electrons. The van der Waals surface area contributed by atoms with Gasteiger partial charge in [-0.2, -0.15) is 8.42 Å². The van der Waals surface area contributed by atoms with Gasteiger partial charge in [0.2, 0.25) is 0 Å². The molecule has 0 unspecified atom stereocenters. The molecule has 1 aliphatic rings. The topological polar surface area (TPSA) is 126 Å². The third-order valence-electron chi connectivity index (χ3n) is 6.15. The lowest BCUT2D eigenvalue weighted by Gasteiger charge is -2.35. The number of amides is 1.